The van der Waals surface area contributed by atoms with Gasteiger partial charge in [0.1, 0.15) is 0 Å². The Morgan fingerprint density at radius 2 is 1.94 bits per heavy atom. The summed E-state index contributed by atoms with van der Waals surface area (Å²) < 4.78 is 5.16. The Morgan fingerprint density at radius 1 is 1.33 bits per heavy atom. The maximum absolute atomic E-state index is 11.7. The van der Waals surface area contributed by atoms with Gasteiger partial charge in [0.05, 0.1) is 18.2 Å². The maximum Gasteiger partial charge on any atom is 0.410 e. The lowest BCUT2D eigenvalue weighted by Gasteiger charge is -2.36. The highest BCUT2D eigenvalue weighted by Gasteiger charge is 2.26. The minimum atomic E-state index is -0.242. The van der Waals surface area contributed by atoms with Gasteiger partial charge in [0, 0.05) is 26.2 Å². The molecule has 5 nitrogen and oxygen atoms in total. The van der Waals surface area contributed by atoms with E-state index in [0.717, 1.165) is 25.9 Å². The summed E-state index contributed by atoms with van der Waals surface area (Å²) in [5, 5.41) is 9.11. The van der Waals surface area contributed by atoms with Gasteiger partial charge >= 0.3 is 6.09 Å². The highest BCUT2D eigenvalue weighted by Crippen LogP contribution is 2.11. The number of amides is 1. The molecule has 18 heavy (non-hydrogen) atoms. The van der Waals surface area contributed by atoms with Crippen LogP contribution in [0.15, 0.2) is 0 Å². The summed E-state index contributed by atoms with van der Waals surface area (Å²) in [6.07, 6.45) is 1.58. The standard InChI is InChI=1S/C13H23N3O2/c1-4-5-12(10-14)15-6-8-16(9-7-15)13(17)18-11(2)3/h11-12H,4-9H2,1-3H3. The van der Waals surface area contributed by atoms with Crippen LogP contribution < -0.4 is 0 Å². The van der Waals surface area contributed by atoms with Crippen LogP contribution in [0.5, 0.6) is 0 Å². The number of piperazine rings is 1. The molecule has 0 aromatic carbocycles. The van der Waals surface area contributed by atoms with E-state index in [-0.39, 0.29) is 18.2 Å². The van der Waals surface area contributed by atoms with Crippen molar-refractivity contribution < 1.29 is 9.53 Å². The van der Waals surface area contributed by atoms with Gasteiger partial charge in [-0.1, -0.05) is 13.3 Å². The third-order valence-corrected chi connectivity index (χ3v) is 3.06. The van der Waals surface area contributed by atoms with Crippen LogP contribution in [0.2, 0.25) is 0 Å². The van der Waals surface area contributed by atoms with Gasteiger partial charge in [0.15, 0.2) is 0 Å². The Hall–Kier alpha value is -1.28. The zero-order chi connectivity index (χ0) is 13.5. The molecule has 1 saturated heterocycles. The first-order valence-corrected chi connectivity index (χ1v) is 6.67. The highest BCUT2D eigenvalue weighted by molar-refractivity contribution is 5.67. The van der Waals surface area contributed by atoms with Crippen LogP contribution in [-0.2, 0) is 4.74 Å². The Labute approximate surface area is 109 Å². The van der Waals surface area contributed by atoms with Crippen LogP contribution in [0, 0.1) is 11.3 Å². The van der Waals surface area contributed by atoms with E-state index in [9.17, 15) is 4.79 Å². The molecule has 1 atom stereocenters. The Morgan fingerprint density at radius 3 is 2.39 bits per heavy atom. The van der Waals surface area contributed by atoms with Crippen molar-refractivity contribution in [3.8, 4) is 6.07 Å². The second-order valence-corrected chi connectivity index (χ2v) is 4.89. The number of carbonyl (C=O) groups excluding carboxylic acids is 1. The van der Waals surface area contributed by atoms with E-state index in [1.165, 1.54) is 0 Å². The zero-order valence-electron chi connectivity index (χ0n) is 11.6. The molecule has 5 heteroatoms. The second kappa shape index (κ2) is 7.22. The molecule has 0 aliphatic carbocycles. The van der Waals surface area contributed by atoms with E-state index >= 15 is 0 Å². The highest BCUT2D eigenvalue weighted by atomic mass is 16.6. The number of rotatable bonds is 4. The molecule has 1 fully saturated rings. The minimum Gasteiger partial charge on any atom is -0.447 e. The number of nitriles is 1. The predicted molar refractivity (Wildman–Crippen MR) is 69.1 cm³/mol. The fraction of sp³-hybridized carbons (Fsp3) is 0.846. The van der Waals surface area contributed by atoms with Crippen LogP contribution in [0.4, 0.5) is 4.79 Å². The molecule has 1 aliphatic rings. The summed E-state index contributed by atoms with van der Waals surface area (Å²) in [6, 6.07) is 2.32. The van der Waals surface area contributed by atoms with Crippen molar-refractivity contribution in [3.05, 3.63) is 0 Å². The monoisotopic (exact) mass is 253 g/mol. The molecule has 1 unspecified atom stereocenters. The summed E-state index contributed by atoms with van der Waals surface area (Å²) in [5.74, 6) is 0. The first kappa shape index (κ1) is 14.8. The Kier molecular flexibility index (Phi) is 5.93. The number of nitrogens with zero attached hydrogens (tertiary/aromatic N) is 3. The SMILES string of the molecule is CCCC(C#N)N1CCN(C(=O)OC(C)C)CC1. The summed E-state index contributed by atoms with van der Waals surface area (Å²) >= 11 is 0. The van der Waals surface area contributed by atoms with Crippen molar-refractivity contribution in [2.24, 2.45) is 0 Å². The number of hydrogen-bond acceptors (Lipinski definition) is 4. The third kappa shape index (κ3) is 4.19. The molecule has 0 radical (unpaired) electrons. The van der Waals surface area contributed by atoms with E-state index in [2.05, 4.69) is 17.9 Å². The number of carbonyl (C=O) groups is 1. The molecule has 0 bridgehead atoms. The molecule has 1 heterocycles. The van der Waals surface area contributed by atoms with Crippen molar-refractivity contribution in [1.29, 1.82) is 5.26 Å². The minimum absolute atomic E-state index is 0.0155. The molecule has 0 spiro atoms. The molecule has 1 rings (SSSR count). The number of hydrogen-bond donors (Lipinski definition) is 0. The lowest BCUT2D eigenvalue weighted by Crippen LogP contribution is -2.52. The summed E-state index contributed by atoms with van der Waals surface area (Å²) in [6.45, 7) is 8.58. The molecule has 0 aromatic heterocycles. The first-order chi connectivity index (χ1) is 8.58. The van der Waals surface area contributed by atoms with Gasteiger partial charge in [-0.15, -0.1) is 0 Å². The van der Waals surface area contributed by atoms with Crippen LogP contribution in [0.1, 0.15) is 33.6 Å². The van der Waals surface area contributed by atoms with E-state index in [1.807, 2.05) is 13.8 Å². The molecule has 0 saturated carbocycles. The normalized spacial score (nSPS) is 18.5. The average Bonchev–Trinajstić information content (AvgIpc) is 2.35. The third-order valence-electron chi connectivity index (χ3n) is 3.06. The van der Waals surface area contributed by atoms with E-state index in [4.69, 9.17) is 10.00 Å². The molecule has 102 valence electrons. The number of ether oxygens (including phenoxy) is 1. The fourth-order valence-corrected chi connectivity index (χ4v) is 2.09. The van der Waals surface area contributed by atoms with Crippen LogP contribution in [0.25, 0.3) is 0 Å². The Balaban J connectivity index is 2.41. The second-order valence-electron chi connectivity index (χ2n) is 4.89. The molecule has 1 amide bonds. The summed E-state index contributed by atoms with van der Waals surface area (Å²) in [4.78, 5) is 15.6. The molecule has 0 aromatic rings. The fourth-order valence-electron chi connectivity index (χ4n) is 2.09. The van der Waals surface area contributed by atoms with Gasteiger partial charge in [-0.2, -0.15) is 5.26 Å². The first-order valence-electron chi connectivity index (χ1n) is 6.67. The van der Waals surface area contributed by atoms with E-state index in [0.29, 0.717) is 13.1 Å². The molecular weight excluding hydrogens is 230 g/mol. The lowest BCUT2D eigenvalue weighted by molar-refractivity contribution is 0.0522. The zero-order valence-corrected chi connectivity index (χ0v) is 11.6. The quantitative estimate of drug-likeness (QED) is 0.767. The average molecular weight is 253 g/mol. The van der Waals surface area contributed by atoms with Crippen molar-refractivity contribution in [2.45, 2.75) is 45.8 Å². The molecular formula is C13H23N3O2. The van der Waals surface area contributed by atoms with Gasteiger partial charge in [0.2, 0.25) is 0 Å². The summed E-state index contributed by atoms with van der Waals surface area (Å²) in [5.41, 5.74) is 0. The maximum atomic E-state index is 11.7. The van der Waals surface area contributed by atoms with Crippen molar-refractivity contribution in [3.63, 3.8) is 0 Å². The van der Waals surface area contributed by atoms with E-state index < -0.39 is 0 Å². The van der Waals surface area contributed by atoms with Crippen molar-refractivity contribution >= 4 is 6.09 Å². The largest absolute Gasteiger partial charge is 0.447 e. The predicted octanol–water partition coefficient (Wildman–Crippen LogP) is 1.84. The lowest BCUT2D eigenvalue weighted by atomic mass is 10.1. The van der Waals surface area contributed by atoms with Crippen LogP contribution >= 0.6 is 0 Å². The van der Waals surface area contributed by atoms with E-state index in [1.54, 1.807) is 4.90 Å². The van der Waals surface area contributed by atoms with Gasteiger partial charge in [0.25, 0.3) is 0 Å². The van der Waals surface area contributed by atoms with Crippen LogP contribution in [-0.4, -0.2) is 54.2 Å². The smallest absolute Gasteiger partial charge is 0.410 e. The molecule has 1 aliphatic heterocycles. The Bertz CT molecular complexity index is 304. The van der Waals surface area contributed by atoms with Crippen molar-refractivity contribution in [2.75, 3.05) is 26.2 Å². The van der Waals surface area contributed by atoms with Crippen LogP contribution in [0.3, 0.4) is 0 Å². The molecule has 0 N–H and O–H groups in total. The summed E-state index contributed by atoms with van der Waals surface area (Å²) in [7, 11) is 0. The van der Waals surface area contributed by atoms with Gasteiger partial charge in [-0.3, -0.25) is 4.90 Å². The van der Waals surface area contributed by atoms with Crippen molar-refractivity contribution in [1.82, 2.24) is 9.80 Å². The van der Waals surface area contributed by atoms with Gasteiger partial charge in [-0.05, 0) is 20.3 Å². The van der Waals surface area contributed by atoms with Gasteiger partial charge < -0.3 is 9.64 Å². The van der Waals surface area contributed by atoms with Gasteiger partial charge in [-0.25, -0.2) is 4.79 Å². The topological polar surface area (TPSA) is 56.6 Å².